The van der Waals surface area contributed by atoms with E-state index in [1.807, 2.05) is 0 Å². The maximum Gasteiger partial charge on any atom is 0.252 e. The molecule has 4 heteroatoms. The molecular formula is C74H57BN2O. The molecule has 372 valence electrons. The molecular weight excluding hydrogens is 944 g/mol. The number of rotatable bonds is 6. The summed E-state index contributed by atoms with van der Waals surface area (Å²) in [6, 6.07) is 88.6. The fraction of sp³-hybridized carbons (Fsp3) is 0.108. The Morgan fingerprint density at radius 1 is 0.333 bits per heavy atom. The third-order valence-electron chi connectivity index (χ3n) is 16.8. The van der Waals surface area contributed by atoms with Gasteiger partial charge in [0.1, 0.15) is 11.2 Å². The van der Waals surface area contributed by atoms with Crippen LogP contribution in [0.3, 0.4) is 0 Å². The van der Waals surface area contributed by atoms with Gasteiger partial charge in [0, 0.05) is 49.7 Å². The Bertz CT molecular complexity index is 4520. The van der Waals surface area contributed by atoms with Gasteiger partial charge in [-0.25, -0.2) is 0 Å². The summed E-state index contributed by atoms with van der Waals surface area (Å²) >= 11 is 0. The molecule has 4 heterocycles. The lowest BCUT2D eigenvalue weighted by atomic mass is 9.33. The molecule has 0 saturated carbocycles. The van der Waals surface area contributed by atoms with E-state index < -0.39 is 0 Å². The average Bonchev–Trinajstić information content (AvgIpc) is 2.60. The highest BCUT2D eigenvalue weighted by Gasteiger charge is 2.44. The molecule has 0 radical (unpaired) electrons. The molecule has 11 aromatic carbocycles. The largest absolute Gasteiger partial charge is 0.456 e. The molecule has 2 aliphatic heterocycles. The van der Waals surface area contributed by atoms with Crippen LogP contribution >= 0.6 is 0 Å². The number of nitrogens with zero attached hydrogens (tertiary/aromatic N) is 2. The Hall–Kier alpha value is -9.12. The van der Waals surface area contributed by atoms with E-state index in [9.17, 15) is 0 Å². The van der Waals surface area contributed by atoms with Crippen molar-refractivity contribution >= 4 is 83.9 Å². The molecule has 0 unspecified atom stereocenters. The van der Waals surface area contributed by atoms with Crippen LogP contribution in [0.25, 0.3) is 105 Å². The second-order valence-electron chi connectivity index (χ2n) is 23.7. The molecule has 78 heavy (non-hydrogen) atoms. The summed E-state index contributed by atoms with van der Waals surface area (Å²) in [5, 5.41) is 4.70. The number of aromatic nitrogens is 1. The van der Waals surface area contributed by atoms with Gasteiger partial charge in [0.25, 0.3) is 6.71 Å². The summed E-state index contributed by atoms with van der Waals surface area (Å²) in [6.07, 6.45) is 0. The van der Waals surface area contributed by atoms with E-state index in [1.165, 1.54) is 105 Å². The standard InChI is InChI=1S/C74H57BN2O/c1-73(2,3)55-35-52(36-56(43-55)74(4,5)6)54-41-67-71-68(42-54)77-65-34-32-51(47-23-13-8-14-24-47)38-59(65)61-39-53(48-25-15-9-16-26-48)40-63(72(61)77)75(71)62-45-70-60(57-29-19-20-30-69(57)78-70)44-66(62)76(67)64-33-31-50(46-21-11-7-12-22-46)37-58(64)49-27-17-10-18-28-49/h7-45H,1-6H3. The van der Waals surface area contributed by atoms with Gasteiger partial charge in [-0.05, 0) is 149 Å². The van der Waals surface area contributed by atoms with Crippen molar-refractivity contribution in [3.05, 3.63) is 248 Å². The van der Waals surface area contributed by atoms with E-state index in [-0.39, 0.29) is 17.5 Å². The van der Waals surface area contributed by atoms with E-state index >= 15 is 0 Å². The Labute approximate surface area is 456 Å². The van der Waals surface area contributed by atoms with E-state index in [0.717, 1.165) is 44.4 Å². The van der Waals surface area contributed by atoms with E-state index in [1.54, 1.807) is 0 Å². The molecule has 0 fully saturated rings. The molecule has 0 saturated heterocycles. The number of hydrogen-bond donors (Lipinski definition) is 0. The predicted molar refractivity (Wildman–Crippen MR) is 332 cm³/mol. The molecule has 0 bridgehead atoms. The maximum absolute atomic E-state index is 6.92. The Balaban J connectivity index is 1.13. The summed E-state index contributed by atoms with van der Waals surface area (Å²) in [5.41, 5.74) is 27.0. The number of fused-ring (bicyclic) bond motifs is 10. The lowest BCUT2D eigenvalue weighted by Crippen LogP contribution is -2.60. The van der Waals surface area contributed by atoms with Crippen LogP contribution in [0, 0.1) is 0 Å². The summed E-state index contributed by atoms with van der Waals surface area (Å²) in [5.74, 6) is 0. The van der Waals surface area contributed by atoms with Crippen molar-refractivity contribution in [2.24, 2.45) is 0 Å². The molecule has 0 spiro atoms. The van der Waals surface area contributed by atoms with Crippen LogP contribution in [-0.4, -0.2) is 11.3 Å². The highest BCUT2D eigenvalue weighted by Crippen LogP contribution is 2.49. The first-order chi connectivity index (χ1) is 37.9. The monoisotopic (exact) mass is 1000 g/mol. The molecule has 0 amide bonds. The minimum atomic E-state index is -0.153. The molecule has 3 nitrogen and oxygen atoms in total. The van der Waals surface area contributed by atoms with Gasteiger partial charge in [0.05, 0.1) is 11.2 Å². The zero-order valence-electron chi connectivity index (χ0n) is 44.9. The van der Waals surface area contributed by atoms with Crippen LogP contribution in [0.5, 0.6) is 0 Å². The Kier molecular flexibility index (Phi) is 10.2. The van der Waals surface area contributed by atoms with Crippen LogP contribution in [0.2, 0.25) is 0 Å². The van der Waals surface area contributed by atoms with E-state index in [4.69, 9.17) is 4.42 Å². The summed E-state index contributed by atoms with van der Waals surface area (Å²) in [4.78, 5) is 2.62. The molecule has 0 N–H and O–H groups in total. The van der Waals surface area contributed by atoms with Gasteiger partial charge in [-0.2, -0.15) is 0 Å². The van der Waals surface area contributed by atoms with Crippen molar-refractivity contribution in [1.82, 2.24) is 4.57 Å². The second-order valence-corrected chi connectivity index (χ2v) is 23.7. The topological polar surface area (TPSA) is 21.3 Å². The minimum Gasteiger partial charge on any atom is -0.456 e. The van der Waals surface area contributed by atoms with Gasteiger partial charge >= 0.3 is 0 Å². The zero-order valence-corrected chi connectivity index (χ0v) is 44.9. The van der Waals surface area contributed by atoms with Gasteiger partial charge < -0.3 is 13.9 Å². The third kappa shape index (κ3) is 7.27. The summed E-state index contributed by atoms with van der Waals surface area (Å²) < 4.78 is 9.54. The van der Waals surface area contributed by atoms with Crippen LogP contribution in [0.1, 0.15) is 52.7 Å². The first-order valence-corrected chi connectivity index (χ1v) is 27.5. The number of hydrogen-bond acceptors (Lipinski definition) is 2. The molecule has 2 aromatic heterocycles. The van der Waals surface area contributed by atoms with Crippen molar-refractivity contribution in [2.75, 3.05) is 4.90 Å². The average molecular weight is 1000 g/mol. The van der Waals surface area contributed by atoms with Crippen LogP contribution in [0.4, 0.5) is 17.1 Å². The molecule has 0 aliphatic carbocycles. The third-order valence-corrected chi connectivity index (χ3v) is 16.8. The SMILES string of the molecule is CC(C)(C)c1cc(-c2cc3c4c(c2)-n2c5ccc(-c6ccccc6)cc5c5cc(-c6ccccc6)cc(c52)B4c2cc4oc5ccccc5c4cc2N3c2ccc(-c3ccccc3)cc2-c2ccccc2)cc(C(C)(C)C)c1. The van der Waals surface area contributed by atoms with Crippen molar-refractivity contribution in [2.45, 2.75) is 52.4 Å². The maximum atomic E-state index is 6.92. The van der Waals surface area contributed by atoms with E-state index in [2.05, 4.69) is 288 Å². The van der Waals surface area contributed by atoms with Crippen LogP contribution < -0.4 is 21.3 Å². The number of furan rings is 1. The van der Waals surface area contributed by atoms with Crippen LogP contribution in [-0.2, 0) is 10.8 Å². The quantitative estimate of drug-likeness (QED) is 0.155. The van der Waals surface area contributed by atoms with Gasteiger partial charge in [0.15, 0.2) is 0 Å². The number of para-hydroxylation sites is 1. The van der Waals surface area contributed by atoms with Gasteiger partial charge in [-0.1, -0.05) is 217 Å². The fourth-order valence-corrected chi connectivity index (χ4v) is 12.8. The predicted octanol–water partition coefficient (Wildman–Crippen LogP) is 18.2. The minimum absolute atomic E-state index is 0.0764. The van der Waals surface area contributed by atoms with Crippen LogP contribution in [0.15, 0.2) is 241 Å². The lowest BCUT2D eigenvalue weighted by molar-refractivity contribution is 0.569. The Morgan fingerprint density at radius 3 is 1.53 bits per heavy atom. The molecule has 13 aromatic rings. The highest BCUT2D eigenvalue weighted by molar-refractivity contribution is 7.00. The van der Waals surface area contributed by atoms with Gasteiger partial charge in [-0.3, -0.25) is 0 Å². The molecule has 2 aliphatic rings. The van der Waals surface area contributed by atoms with Crippen molar-refractivity contribution in [3.8, 4) is 61.3 Å². The van der Waals surface area contributed by atoms with E-state index in [0.29, 0.717) is 0 Å². The Morgan fingerprint density at radius 2 is 0.872 bits per heavy atom. The smallest absolute Gasteiger partial charge is 0.252 e. The normalized spacial score (nSPS) is 12.9. The fourth-order valence-electron chi connectivity index (χ4n) is 12.8. The highest BCUT2D eigenvalue weighted by atomic mass is 16.3. The summed E-state index contributed by atoms with van der Waals surface area (Å²) in [7, 11) is 0. The van der Waals surface area contributed by atoms with Gasteiger partial charge in [0.2, 0.25) is 0 Å². The number of anilines is 3. The first kappa shape index (κ1) is 46.2. The second kappa shape index (κ2) is 17.2. The molecule has 0 atom stereocenters. The number of benzene rings is 11. The lowest BCUT2D eigenvalue weighted by Gasteiger charge is -2.41. The van der Waals surface area contributed by atoms with Gasteiger partial charge in [-0.15, -0.1) is 0 Å². The summed E-state index contributed by atoms with van der Waals surface area (Å²) in [6.45, 7) is 13.9. The zero-order chi connectivity index (χ0) is 52.6. The van der Waals surface area contributed by atoms with Crippen molar-refractivity contribution in [1.29, 1.82) is 0 Å². The molecule has 15 rings (SSSR count). The first-order valence-electron chi connectivity index (χ1n) is 27.5. The van der Waals surface area contributed by atoms with Crippen molar-refractivity contribution in [3.63, 3.8) is 0 Å². The van der Waals surface area contributed by atoms with Crippen molar-refractivity contribution < 1.29 is 4.42 Å².